The minimum atomic E-state index is -1.01. The number of hydrogen-bond acceptors (Lipinski definition) is 4. The number of benzene rings is 1. The Labute approximate surface area is 118 Å². The largest absolute Gasteiger partial charge is 0.465 e. The summed E-state index contributed by atoms with van der Waals surface area (Å²) in [7, 11) is 1.32. The average Bonchev–Trinajstić information content (AvgIpc) is 2.43. The molecule has 108 valence electrons. The number of carbonyl (C=O) groups is 2. The van der Waals surface area contributed by atoms with E-state index in [1.807, 2.05) is 13.8 Å². The summed E-state index contributed by atoms with van der Waals surface area (Å²) >= 11 is 0. The minimum Gasteiger partial charge on any atom is -0.465 e. The van der Waals surface area contributed by atoms with Crippen LogP contribution in [0, 0.1) is 5.92 Å². The van der Waals surface area contributed by atoms with Gasteiger partial charge in [-0.1, -0.05) is 32.0 Å². The molecule has 0 saturated heterocycles. The lowest BCUT2D eigenvalue weighted by molar-refractivity contribution is -0.123. The van der Waals surface area contributed by atoms with Gasteiger partial charge >= 0.3 is 5.97 Å². The van der Waals surface area contributed by atoms with Gasteiger partial charge in [-0.3, -0.25) is 9.79 Å². The summed E-state index contributed by atoms with van der Waals surface area (Å²) in [5.41, 5.74) is 5.39. The van der Waals surface area contributed by atoms with E-state index in [2.05, 4.69) is 4.99 Å². The second kappa shape index (κ2) is 6.32. The van der Waals surface area contributed by atoms with Crippen molar-refractivity contribution >= 4 is 18.1 Å². The number of rotatable bonds is 5. The highest BCUT2D eigenvalue weighted by molar-refractivity contribution is 6.00. The molecule has 0 fully saturated rings. The Morgan fingerprint density at radius 2 is 1.95 bits per heavy atom. The van der Waals surface area contributed by atoms with E-state index in [1.54, 1.807) is 31.2 Å². The zero-order chi connectivity index (χ0) is 15.3. The van der Waals surface area contributed by atoms with Crippen LogP contribution < -0.4 is 5.73 Å². The number of esters is 1. The molecular weight excluding hydrogens is 256 g/mol. The molecule has 0 radical (unpaired) electrons. The molecule has 20 heavy (non-hydrogen) atoms. The molecule has 1 unspecified atom stereocenters. The van der Waals surface area contributed by atoms with E-state index in [1.165, 1.54) is 13.3 Å². The summed E-state index contributed by atoms with van der Waals surface area (Å²) in [6.07, 6.45) is 1.50. The van der Waals surface area contributed by atoms with Gasteiger partial charge in [-0.05, 0) is 18.9 Å². The van der Waals surface area contributed by atoms with Crippen LogP contribution in [0.3, 0.4) is 0 Å². The summed E-state index contributed by atoms with van der Waals surface area (Å²) in [6, 6.07) is 6.89. The van der Waals surface area contributed by atoms with Gasteiger partial charge in [-0.2, -0.15) is 0 Å². The smallest absolute Gasteiger partial charge is 0.338 e. The Kier molecular flexibility index (Phi) is 5.02. The summed E-state index contributed by atoms with van der Waals surface area (Å²) in [5.74, 6) is -1.00. The van der Waals surface area contributed by atoms with Gasteiger partial charge < -0.3 is 10.5 Å². The molecule has 1 rings (SSSR count). The second-order valence-corrected chi connectivity index (χ2v) is 5.00. The molecule has 2 N–H and O–H groups in total. The fourth-order valence-electron chi connectivity index (χ4n) is 1.61. The van der Waals surface area contributed by atoms with E-state index >= 15 is 0 Å². The number of nitrogens with zero attached hydrogens (tertiary/aromatic N) is 1. The predicted octanol–water partition coefficient (Wildman–Crippen LogP) is 1.79. The van der Waals surface area contributed by atoms with E-state index in [0.717, 1.165) is 0 Å². The maximum atomic E-state index is 11.7. The van der Waals surface area contributed by atoms with Gasteiger partial charge in [-0.15, -0.1) is 0 Å². The van der Waals surface area contributed by atoms with E-state index in [0.29, 0.717) is 11.1 Å². The van der Waals surface area contributed by atoms with Crippen molar-refractivity contribution in [1.29, 1.82) is 0 Å². The lowest BCUT2D eigenvalue weighted by atomic mass is 9.88. The Balaban J connectivity index is 3.18. The van der Waals surface area contributed by atoms with Crippen LogP contribution in [0.25, 0.3) is 0 Å². The first-order valence-electron chi connectivity index (χ1n) is 6.35. The van der Waals surface area contributed by atoms with Gasteiger partial charge in [0.1, 0.15) is 5.54 Å². The molecule has 0 spiro atoms. The number of methoxy groups -OCH3 is 1. The SMILES string of the molecule is COC(=O)c1ccccc1/C=N/C(C)(C(N)=O)C(C)C. The third kappa shape index (κ3) is 3.23. The van der Waals surface area contributed by atoms with Crippen molar-refractivity contribution in [2.45, 2.75) is 26.3 Å². The summed E-state index contributed by atoms with van der Waals surface area (Å²) in [5, 5.41) is 0. The molecule has 0 heterocycles. The van der Waals surface area contributed by atoms with Crippen molar-refractivity contribution in [2.75, 3.05) is 7.11 Å². The van der Waals surface area contributed by atoms with Crippen LogP contribution in [0.2, 0.25) is 0 Å². The normalized spacial score (nSPS) is 14.2. The maximum absolute atomic E-state index is 11.7. The average molecular weight is 276 g/mol. The molecule has 0 bridgehead atoms. The summed E-state index contributed by atoms with van der Waals surface area (Å²) in [4.78, 5) is 27.5. The second-order valence-electron chi connectivity index (χ2n) is 5.00. The van der Waals surface area contributed by atoms with Crippen LogP contribution in [0.5, 0.6) is 0 Å². The van der Waals surface area contributed by atoms with Crippen LogP contribution in [-0.4, -0.2) is 30.7 Å². The number of primary amides is 1. The lowest BCUT2D eigenvalue weighted by Gasteiger charge is -2.25. The first kappa shape index (κ1) is 15.9. The minimum absolute atomic E-state index is 0.0541. The number of amides is 1. The van der Waals surface area contributed by atoms with Crippen LogP contribution >= 0.6 is 0 Å². The summed E-state index contributed by atoms with van der Waals surface area (Å²) in [6.45, 7) is 5.42. The fraction of sp³-hybridized carbons (Fsp3) is 0.400. The van der Waals surface area contributed by atoms with Crippen LogP contribution in [0.1, 0.15) is 36.7 Å². The van der Waals surface area contributed by atoms with Crippen molar-refractivity contribution in [2.24, 2.45) is 16.6 Å². The van der Waals surface area contributed by atoms with E-state index in [4.69, 9.17) is 10.5 Å². The lowest BCUT2D eigenvalue weighted by Crippen LogP contribution is -2.44. The zero-order valence-electron chi connectivity index (χ0n) is 12.2. The van der Waals surface area contributed by atoms with Crippen molar-refractivity contribution in [3.8, 4) is 0 Å². The number of ether oxygens (including phenoxy) is 1. The molecular formula is C15H20N2O3. The molecule has 1 aromatic carbocycles. The third-order valence-electron chi connectivity index (χ3n) is 3.46. The van der Waals surface area contributed by atoms with Gasteiger partial charge in [-0.25, -0.2) is 4.79 Å². The van der Waals surface area contributed by atoms with Crippen molar-refractivity contribution in [3.63, 3.8) is 0 Å². The van der Waals surface area contributed by atoms with Crippen molar-refractivity contribution in [3.05, 3.63) is 35.4 Å². The van der Waals surface area contributed by atoms with Gasteiger partial charge in [0.05, 0.1) is 12.7 Å². The molecule has 0 aliphatic carbocycles. The highest BCUT2D eigenvalue weighted by Crippen LogP contribution is 2.21. The Morgan fingerprint density at radius 3 is 2.45 bits per heavy atom. The number of nitrogens with two attached hydrogens (primary N) is 1. The van der Waals surface area contributed by atoms with Crippen molar-refractivity contribution in [1.82, 2.24) is 0 Å². The molecule has 1 atom stereocenters. The molecule has 0 saturated carbocycles. The fourth-order valence-corrected chi connectivity index (χ4v) is 1.61. The van der Waals surface area contributed by atoms with E-state index in [9.17, 15) is 9.59 Å². The number of carbonyl (C=O) groups excluding carboxylic acids is 2. The van der Waals surface area contributed by atoms with Gasteiger partial charge in [0.15, 0.2) is 0 Å². The van der Waals surface area contributed by atoms with Crippen LogP contribution in [-0.2, 0) is 9.53 Å². The monoisotopic (exact) mass is 276 g/mol. The molecule has 1 aromatic rings. The van der Waals surface area contributed by atoms with Crippen molar-refractivity contribution < 1.29 is 14.3 Å². The first-order chi connectivity index (χ1) is 9.32. The van der Waals surface area contributed by atoms with Gasteiger partial charge in [0, 0.05) is 11.8 Å². The van der Waals surface area contributed by atoms with Gasteiger partial charge in [0.25, 0.3) is 0 Å². The Bertz CT molecular complexity index is 538. The molecule has 0 aliphatic rings. The quantitative estimate of drug-likeness (QED) is 0.657. The Morgan fingerprint density at radius 1 is 1.35 bits per heavy atom. The zero-order valence-corrected chi connectivity index (χ0v) is 12.2. The highest BCUT2D eigenvalue weighted by Gasteiger charge is 2.33. The predicted molar refractivity (Wildman–Crippen MR) is 77.8 cm³/mol. The molecule has 1 amide bonds. The first-order valence-corrected chi connectivity index (χ1v) is 6.35. The number of aliphatic imine (C=N–C) groups is 1. The summed E-state index contributed by atoms with van der Waals surface area (Å²) < 4.78 is 4.71. The molecule has 5 nitrogen and oxygen atoms in total. The molecule has 0 aromatic heterocycles. The molecule has 0 aliphatic heterocycles. The highest BCUT2D eigenvalue weighted by atomic mass is 16.5. The third-order valence-corrected chi connectivity index (χ3v) is 3.46. The standard InChI is InChI=1S/C15H20N2O3/c1-10(2)15(3,14(16)19)17-9-11-7-5-6-8-12(11)13(18)20-4/h5-10H,1-4H3,(H2,16,19)/b17-9+. The molecule has 5 heteroatoms. The van der Waals surface area contributed by atoms with Crippen LogP contribution in [0.4, 0.5) is 0 Å². The topological polar surface area (TPSA) is 81.8 Å². The van der Waals surface area contributed by atoms with E-state index < -0.39 is 17.4 Å². The van der Waals surface area contributed by atoms with E-state index in [-0.39, 0.29) is 5.92 Å². The Hall–Kier alpha value is -2.17. The number of hydrogen-bond donors (Lipinski definition) is 1. The van der Waals surface area contributed by atoms with Crippen LogP contribution in [0.15, 0.2) is 29.3 Å². The van der Waals surface area contributed by atoms with Gasteiger partial charge in [0.2, 0.25) is 5.91 Å². The maximum Gasteiger partial charge on any atom is 0.338 e.